The first-order valence-electron chi connectivity index (χ1n) is 7.52. The highest BCUT2D eigenvalue weighted by Crippen LogP contribution is 2.37. The molecule has 0 atom stereocenters. The third-order valence-electron chi connectivity index (χ3n) is 3.95. The summed E-state index contributed by atoms with van der Waals surface area (Å²) in [5, 5.41) is 0.303. The van der Waals surface area contributed by atoms with E-state index in [1.54, 1.807) is 19.2 Å². The fourth-order valence-corrected chi connectivity index (χ4v) is 4.90. The van der Waals surface area contributed by atoms with Gasteiger partial charge in [0.25, 0.3) is 0 Å². The van der Waals surface area contributed by atoms with E-state index in [1.807, 2.05) is 24.3 Å². The van der Waals surface area contributed by atoms with Crippen LogP contribution in [0.3, 0.4) is 0 Å². The molecule has 2 aromatic rings. The molecular formula is C17H17Cl2NO3S. The second kappa shape index (κ2) is 6.92. The van der Waals surface area contributed by atoms with Crippen LogP contribution in [0, 0.1) is 0 Å². The smallest absolute Gasteiger partial charge is 0.245 e. The Morgan fingerprint density at radius 3 is 2.38 bits per heavy atom. The third kappa shape index (κ3) is 3.54. The summed E-state index contributed by atoms with van der Waals surface area (Å²) >= 11 is 12.1. The Morgan fingerprint density at radius 1 is 1.12 bits per heavy atom. The van der Waals surface area contributed by atoms with Crippen LogP contribution < -0.4 is 4.74 Å². The molecule has 3 rings (SSSR count). The zero-order chi connectivity index (χ0) is 17.3. The van der Waals surface area contributed by atoms with Crippen LogP contribution in [0.15, 0.2) is 47.4 Å². The maximum atomic E-state index is 13.1. The number of methoxy groups -OCH3 is 1. The number of benzene rings is 2. The lowest BCUT2D eigenvalue weighted by Crippen LogP contribution is -2.32. The van der Waals surface area contributed by atoms with Crippen molar-refractivity contribution in [3.8, 4) is 5.75 Å². The summed E-state index contributed by atoms with van der Waals surface area (Å²) in [6, 6.07) is 12.0. The van der Waals surface area contributed by atoms with Crippen molar-refractivity contribution in [1.29, 1.82) is 0 Å². The Morgan fingerprint density at radius 2 is 1.79 bits per heavy atom. The minimum atomic E-state index is -3.72. The van der Waals surface area contributed by atoms with Crippen molar-refractivity contribution in [3.63, 3.8) is 0 Å². The summed E-state index contributed by atoms with van der Waals surface area (Å²) in [5.74, 6) is 0.734. The van der Waals surface area contributed by atoms with Crippen molar-refractivity contribution >= 4 is 33.2 Å². The van der Waals surface area contributed by atoms with Gasteiger partial charge in [0.1, 0.15) is 10.6 Å². The van der Waals surface area contributed by atoms with Crippen molar-refractivity contribution < 1.29 is 13.2 Å². The molecule has 0 radical (unpaired) electrons. The summed E-state index contributed by atoms with van der Waals surface area (Å²) in [5.41, 5.74) is 0.893. The Bertz CT molecular complexity index is 833. The van der Waals surface area contributed by atoms with Crippen LogP contribution in [0.2, 0.25) is 10.0 Å². The Kier molecular flexibility index (Phi) is 5.06. The van der Waals surface area contributed by atoms with Gasteiger partial charge in [0, 0.05) is 12.6 Å². The van der Waals surface area contributed by atoms with Crippen molar-refractivity contribution in [2.24, 2.45) is 0 Å². The predicted octanol–water partition coefficient (Wildman–Crippen LogP) is 4.36. The molecule has 1 saturated carbocycles. The maximum Gasteiger partial charge on any atom is 0.245 e. The fourth-order valence-electron chi connectivity index (χ4n) is 2.49. The van der Waals surface area contributed by atoms with Gasteiger partial charge in [-0.15, -0.1) is 0 Å². The van der Waals surface area contributed by atoms with E-state index in [-0.39, 0.29) is 21.0 Å². The normalized spacial score (nSPS) is 14.8. The van der Waals surface area contributed by atoms with E-state index >= 15 is 0 Å². The Hall–Kier alpha value is -1.27. The standard InChI is InChI=1S/C17H17Cl2NO3S/c1-23-14-9-5-12(6-10-14)11-20(13-7-8-13)24(21,22)16-4-2-3-15(18)17(16)19/h2-6,9-10,13H,7-8,11H2,1H3. The van der Waals surface area contributed by atoms with Gasteiger partial charge in [-0.3, -0.25) is 0 Å². The van der Waals surface area contributed by atoms with Crippen molar-refractivity contribution in [3.05, 3.63) is 58.1 Å². The van der Waals surface area contributed by atoms with Crippen molar-refractivity contribution in [1.82, 2.24) is 4.31 Å². The number of hydrogen-bond acceptors (Lipinski definition) is 3. The third-order valence-corrected chi connectivity index (χ3v) is 6.83. The van der Waals surface area contributed by atoms with E-state index in [9.17, 15) is 8.42 Å². The lowest BCUT2D eigenvalue weighted by molar-refractivity contribution is 0.397. The van der Waals surface area contributed by atoms with Gasteiger partial charge in [-0.2, -0.15) is 4.31 Å². The average Bonchev–Trinajstić information content (AvgIpc) is 3.40. The Labute approximate surface area is 152 Å². The van der Waals surface area contributed by atoms with Gasteiger partial charge in [-0.25, -0.2) is 8.42 Å². The maximum absolute atomic E-state index is 13.1. The average molecular weight is 386 g/mol. The van der Waals surface area contributed by atoms with Crippen LogP contribution in [0.1, 0.15) is 18.4 Å². The summed E-state index contributed by atoms with van der Waals surface area (Å²) in [4.78, 5) is 0.0529. The van der Waals surface area contributed by atoms with Crippen molar-refractivity contribution in [2.45, 2.75) is 30.3 Å². The minimum Gasteiger partial charge on any atom is -0.497 e. The lowest BCUT2D eigenvalue weighted by Gasteiger charge is -2.23. The monoisotopic (exact) mass is 385 g/mol. The molecule has 0 aliphatic heterocycles. The molecule has 4 nitrogen and oxygen atoms in total. The molecular weight excluding hydrogens is 369 g/mol. The van der Waals surface area contributed by atoms with Gasteiger partial charge in [0.05, 0.1) is 17.2 Å². The van der Waals surface area contributed by atoms with E-state index < -0.39 is 10.0 Å². The molecule has 0 spiro atoms. The van der Waals surface area contributed by atoms with Crippen LogP contribution in [0.4, 0.5) is 0 Å². The minimum absolute atomic E-state index is 0.00662. The number of nitrogens with zero attached hydrogens (tertiary/aromatic N) is 1. The first-order chi connectivity index (χ1) is 11.4. The van der Waals surface area contributed by atoms with Gasteiger partial charge in [0.2, 0.25) is 10.0 Å². The van der Waals surface area contributed by atoms with Crippen LogP contribution in [-0.4, -0.2) is 25.9 Å². The van der Waals surface area contributed by atoms with E-state index in [1.165, 1.54) is 10.4 Å². The zero-order valence-electron chi connectivity index (χ0n) is 13.1. The van der Waals surface area contributed by atoms with Gasteiger partial charge < -0.3 is 4.74 Å². The van der Waals surface area contributed by atoms with Gasteiger partial charge in [-0.1, -0.05) is 41.4 Å². The zero-order valence-corrected chi connectivity index (χ0v) is 15.4. The molecule has 7 heteroatoms. The molecule has 0 N–H and O–H groups in total. The molecule has 1 aliphatic carbocycles. The predicted molar refractivity (Wildman–Crippen MR) is 95.2 cm³/mol. The number of sulfonamides is 1. The highest BCUT2D eigenvalue weighted by Gasteiger charge is 2.39. The van der Waals surface area contributed by atoms with E-state index in [0.717, 1.165) is 24.2 Å². The quantitative estimate of drug-likeness (QED) is 0.741. The largest absolute Gasteiger partial charge is 0.497 e. The van der Waals surface area contributed by atoms with Crippen molar-refractivity contribution in [2.75, 3.05) is 7.11 Å². The summed E-state index contributed by atoms with van der Waals surface area (Å²) < 4.78 is 32.8. The fraction of sp³-hybridized carbons (Fsp3) is 0.294. The van der Waals surface area contributed by atoms with Crippen LogP contribution in [-0.2, 0) is 16.6 Å². The number of hydrogen-bond donors (Lipinski definition) is 0. The number of rotatable bonds is 6. The number of ether oxygens (including phenoxy) is 1. The van der Waals surface area contributed by atoms with E-state index in [2.05, 4.69) is 0 Å². The van der Waals surface area contributed by atoms with Crippen LogP contribution in [0.25, 0.3) is 0 Å². The molecule has 0 amide bonds. The highest BCUT2D eigenvalue weighted by molar-refractivity contribution is 7.89. The summed E-state index contributed by atoms with van der Waals surface area (Å²) in [6.45, 7) is 0.292. The van der Waals surface area contributed by atoms with Crippen LogP contribution >= 0.6 is 23.2 Å². The SMILES string of the molecule is COc1ccc(CN(C2CC2)S(=O)(=O)c2cccc(Cl)c2Cl)cc1. The summed E-state index contributed by atoms with van der Waals surface area (Å²) in [6.07, 6.45) is 1.71. The molecule has 0 saturated heterocycles. The molecule has 0 heterocycles. The first-order valence-corrected chi connectivity index (χ1v) is 9.72. The molecule has 128 valence electrons. The topological polar surface area (TPSA) is 46.6 Å². The Balaban J connectivity index is 1.93. The molecule has 1 fully saturated rings. The second-order valence-corrected chi connectivity index (χ2v) is 8.33. The van der Waals surface area contributed by atoms with Crippen LogP contribution in [0.5, 0.6) is 5.75 Å². The molecule has 24 heavy (non-hydrogen) atoms. The highest BCUT2D eigenvalue weighted by atomic mass is 35.5. The molecule has 0 bridgehead atoms. The summed E-state index contributed by atoms with van der Waals surface area (Å²) in [7, 11) is -2.12. The van der Waals surface area contributed by atoms with E-state index in [0.29, 0.717) is 6.54 Å². The molecule has 2 aromatic carbocycles. The lowest BCUT2D eigenvalue weighted by atomic mass is 10.2. The first kappa shape index (κ1) is 17.5. The van der Waals surface area contributed by atoms with Gasteiger partial charge >= 0.3 is 0 Å². The van der Waals surface area contributed by atoms with Gasteiger partial charge in [0.15, 0.2) is 0 Å². The second-order valence-electron chi connectivity index (χ2n) is 5.68. The molecule has 1 aliphatic rings. The van der Waals surface area contributed by atoms with Gasteiger partial charge in [-0.05, 0) is 42.7 Å². The molecule has 0 aromatic heterocycles. The van der Waals surface area contributed by atoms with E-state index in [4.69, 9.17) is 27.9 Å². The molecule has 0 unspecified atom stereocenters. The number of halogens is 2.